The van der Waals surface area contributed by atoms with Crippen molar-refractivity contribution >= 4 is 39.8 Å². The zero-order valence-corrected chi connectivity index (χ0v) is 19.2. The summed E-state index contributed by atoms with van der Waals surface area (Å²) >= 11 is 1.36. The Hall–Kier alpha value is -4.10. The Morgan fingerprint density at radius 2 is 1.50 bits per heavy atom. The van der Waals surface area contributed by atoms with Crippen LogP contribution < -0.4 is 10.6 Å². The van der Waals surface area contributed by atoms with Crippen LogP contribution in [0.5, 0.6) is 0 Å². The molecule has 6 nitrogen and oxygen atoms in total. The van der Waals surface area contributed by atoms with Crippen LogP contribution in [0.15, 0.2) is 108 Å². The van der Waals surface area contributed by atoms with Crippen LogP contribution in [0, 0.1) is 0 Å². The monoisotopic (exact) mass is 465 g/mol. The predicted molar refractivity (Wildman–Crippen MR) is 138 cm³/mol. The van der Waals surface area contributed by atoms with E-state index < -0.39 is 0 Å². The molecule has 0 aliphatic carbocycles. The van der Waals surface area contributed by atoms with Crippen LogP contribution in [0.25, 0.3) is 16.5 Å². The van der Waals surface area contributed by atoms with Gasteiger partial charge in [-0.1, -0.05) is 84.6 Å². The molecule has 0 radical (unpaired) electrons. The van der Waals surface area contributed by atoms with Crippen LogP contribution in [0.3, 0.4) is 0 Å². The number of rotatable bonds is 8. The topological polar surface area (TPSA) is 71.8 Å². The van der Waals surface area contributed by atoms with Crippen LogP contribution in [0.1, 0.15) is 5.82 Å². The summed E-state index contributed by atoms with van der Waals surface area (Å²) in [6, 6.07) is 33.9. The molecule has 1 amide bonds. The van der Waals surface area contributed by atoms with Crippen LogP contribution in [0.2, 0.25) is 0 Å². The Morgan fingerprint density at radius 1 is 0.794 bits per heavy atom. The fourth-order valence-electron chi connectivity index (χ4n) is 3.75. The van der Waals surface area contributed by atoms with Gasteiger partial charge in [-0.25, -0.2) is 0 Å². The fourth-order valence-corrected chi connectivity index (χ4v) is 4.52. The Bertz CT molecular complexity index is 1400. The number of fused-ring (bicyclic) bond motifs is 1. The lowest BCUT2D eigenvalue weighted by molar-refractivity contribution is -0.113. The number of hydrogen-bond donors (Lipinski definition) is 2. The van der Waals surface area contributed by atoms with E-state index in [-0.39, 0.29) is 11.7 Å². The summed E-state index contributed by atoms with van der Waals surface area (Å²) in [6.07, 6.45) is 0. The molecule has 5 rings (SSSR count). The molecule has 1 aromatic heterocycles. The van der Waals surface area contributed by atoms with Crippen LogP contribution >= 0.6 is 11.8 Å². The number of anilines is 2. The Morgan fingerprint density at radius 3 is 2.32 bits per heavy atom. The number of hydrogen-bond acceptors (Lipinski definition) is 5. The lowest BCUT2D eigenvalue weighted by atomic mass is 10.1. The number of carbonyl (C=O) groups is 1. The smallest absolute Gasteiger partial charge is 0.234 e. The zero-order chi connectivity index (χ0) is 23.2. The van der Waals surface area contributed by atoms with Crippen molar-refractivity contribution in [3.05, 3.63) is 109 Å². The molecular formula is C27H23N5OS. The maximum absolute atomic E-state index is 12.5. The van der Waals surface area contributed by atoms with Crippen molar-refractivity contribution in [2.75, 3.05) is 16.4 Å². The van der Waals surface area contributed by atoms with Gasteiger partial charge < -0.3 is 10.6 Å². The molecule has 0 aliphatic rings. The minimum Gasteiger partial charge on any atom is -0.377 e. The van der Waals surface area contributed by atoms with Crippen LogP contribution in [-0.2, 0) is 11.3 Å². The molecule has 0 saturated carbocycles. The highest BCUT2D eigenvalue weighted by atomic mass is 32.2. The molecule has 0 atom stereocenters. The van der Waals surface area contributed by atoms with Gasteiger partial charge in [-0.3, -0.25) is 9.36 Å². The van der Waals surface area contributed by atoms with Crippen LogP contribution in [-0.4, -0.2) is 26.4 Å². The summed E-state index contributed by atoms with van der Waals surface area (Å²) < 4.78 is 2.00. The van der Waals surface area contributed by atoms with Crippen molar-refractivity contribution in [1.82, 2.24) is 14.8 Å². The molecule has 1 heterocycles. The van der Waals surface area contributed by atoms with E-state index in [4.69, 9.17) is 0 Å². The van der Waals surface area contributed by atoms with Crippen LogP contribution in [0.4, 0.5) is 11.4 Å². The van der Waals surface area contributed by atoms with Gasteiger partial charge >= 0.3 is 0 Å². The van der Waals surface area contributed by atoms with Crippen molar-refractivity contribution in [2.45, 2.75) is 11.7 Å². The molecule has 0 aliphatic heterocycles. The number of carbonyl (C=O) groups excluding carboxylic acids is 1. The summed E-state index contributed by atoms with van der Waals surface area (Å²) in [5.41, 5.74) is 2.77. The predicted octanol–water partition coefficient (Wildman–Crippen LogP) is 5.76. The van der Waals surface area contributed by atoms with E-state index >= 15 is 0 Å². The Kier molecular flexibility index (Phi) is 6.54. The molecule has 34 heavy (non-hydrogen) atoms. The molecule has 0 fully saturated rings. The minimum absolute atomic E-state index is 0.0887. The van der Waals surface area contributed by atoms with Gasteiger partial charge in [0.2, 0.25) is 5.91 Å². The largest absolute Gasteiger partial charge is 0.377 e. The molecule has 0 unspecified atom stereocenters. The molecule has 0 saturated heterocycles. The number of nitrogens with zero attached hydrogens (tertiary/aromatic N) is 3. The third kappa shape index (κ3) is 4.94. The van der Waals surface area contributed by atoms with E-state index in [1.807, 2.05) is 83.4 Å². The first-order valence-electron chi connectivity index (χ1n) is 11.0. The molecule has 4 aromatic carbocycles. The van der Waals surface area contributed by atoms with Crippen molar-refractivity contribution < 1.29 is 4.79 Å². The molecular weight excluding hydrogens is 442 g/mol. The number of para-hydroxylation sites is 2. The molecule has 0 bridgehead atoms. The summed E-state index contributed by atoms with van der Waals surface area (Å²) in [4.78, 5) is 12.5. The average molecular weight is 466 g/mol. The highest BCUT2D eigenvalue weighted by Crippen LogP contribution is 2.26. The first-order chi connectivity index (χ1) is 16.8. The van der Waals surface area contributed by atoms with E-state index in [9.17, 15) is 4.79 Å². The molecule has 168 valence electrons. The van der Waals surface area contributed by atoms with E-state index in [1.54, 1.807) is 0 Å². The highest BCUT2D eigenvalue weighted by molar-refractivity contribution is 7.99. The average Bonchev–Trinajstić information content (AvgIpc) is 3.30. The van der Waals surface area contributed by atoms with Gasteiger partial charge in [-0.05, 0) is 35.7 Å². The number of nitrogens with one attached hydrogen (secondary N) is 2. The maximum atomic E-state index is 12.5. The summed E-state index contributed by atoms with van der Waals surface area (Å²) in [5.74, 6) is 0.913. The third-order valence-electron chi connectivity index (χ3n) is 5.33. The SMILES string of the molecule is O=C(CSc1nnc(CNc2cccc3ccccc23)n1-c1ccccc1)Nc1ccccc1. The Labute approximate surface area is 202 Å². The number of thioether (sulfide) groups is 1. The molecule has 0 spiro atoms. The van der Waals surface area contributed by atoms with E-state index in [0.29, 0.717) is 11.7 Å². The number of benzene rings is 4. The summed E-state index contributed by atoms with van der Waals surface area (Å²) in [5, 5.41) is 18.3. The van der Waals surface area contributed by atoms with Crippen molar-refractivity contribution in [1.29, 1.82) is 0 Å². The lowest BCUT2D eigenvalue weighted by Crippen LogP contribution is -2.14. The van der Waals surface area contributed by atoms with Gasteiger partial charge in [0.05, 0.1) is 12.3 Å². The van der Waals surface area contributed by atoms with Gasteiger partial charge in [-0.2, -0.15) is 0 Å². The maximum Gasteiger partial charge on any atom is 0.234 e. The van der Waals surface area contributed by atoms with Gasteiger partial charge in [0.25, 0.3) is 0 Å². The first-order valence-corrected chi connectivity index (χ1v) is 12.0. The minimum atomic E-state index is -0.0887. The second kappa shape index (κ2) is 10.2. The molecule has 2 N–H and O–H groups in total. The normalized spacial score (nSPS) is 10.8. The van der Waals surface area contributed by atoms with Crippen molar-refractivity contribution in [3.8, 4) is 5.69 Å². The van der Waals surface area contributed by atoms with Gasteiger partial charge in [-0.15, -0.1) is 10.2 Å². The molecule has 7 heteroatoms. The molecule has 5 aromatic rings. The Balaban J connectivity index is 1.36. The second-order valence-electron chi connectivity index (χ2n) is 7.65. The lowest BCUT2D eigenvalue weighted by Gasteiger charge is -2.13. The van der Waals surface area contributed by atoms with E-state index in [1.165, 1.54) is 17.1 Å². The fraction of sp³-hybridized carbons (Fsp3) is 0.0741. The first kappa shape index (κ1) is 21.7. The summed E-state index contributed by atoms with van der Waals surface area (Å²) in [7, 11) is 0. The van der Waals surface area contributed by atoms with Gasteiger partial charge in [0.15, 0.2) is 11.0 Å². The van der Waals surface area contributed by atoms with Gasteiger partial charge in [0, 0.05) is 22.4 Å². The van der Waals surface area contributed by atoms with Crippen molar-refractivity contribution in [3.63, 3.8) is 0 Å². The standard InChI is InChI=1S/C27H23N5OS/c33-26(29-21-12-3-1-4-13-21)19-34-27-31-30-25(32(27)22-14-5-2-6-15-22)18-28-24-17-9-11-20-10-7-8-16-23(20)24/h1-17,28H,18-19H2,(H,29,33). The quantitative estimate of drug-likeness (QED) is 0.285. The van der Waals surface area contributed by atoms with E-state index in [2.05, 4.69) is 45.1 Å². The second-order valence-corrected chi connectivity index (χ2v) is 8.60. The zero-order valence-electron chi connectivity index (χ0n) is 18.4. The third-order valence-corrected chi connectivity index (χ3v) is 6.26. The highest BCUT2D eigenvalue weighted by Gasteiger charge is 2.16. The van der Waals surface area contributed by atoms with E-state index in [0.717, 1.165) is 28.3 Å². The van der Waals surface area contributed by atoms with Crippen molar-refractivity contribution in [2.24, 2.45) is 0 Å². The number of amides is 1. The van der Waals surface area contributed by atoms with Gasteiger partial charge in [0.1, 0.15) is 0 Å². The number of aromatic nitrogens is 3. The summed E-state index contributed by atoms with van der Waals surface area (Å²) in [6.45, 7) is 0.493.